The molecule has 1 heterocycles. The van der Waals surface area contributed by atoms with E-state index in [0.29, 0.717) is 11.3 Å². The molecule has 1 amide bonds. The van der Waals surface area contributed by atoms with E-state index in [4.69, 9.17) is 4.74 Å². The van der Waals surface area contributed by atoms with Crippen molar-refractivity contribution in [2.75, 3.05) is 12.4 Å². The van der Waals surface area contributed by atoms with Crippen LogP contribution in [0.2, 0.25) is 0 Å². The van der Waals surface area contributed by atoms with E-state index in [1.165, 1.54) is 7.11 Å². The van der Waals surface area contributed by atoms with Crippen LogP contribution in [-0.2, 0) is 19.7 Å². The van der Waals surface area contributed by atoms with Crippen molar-refractivity contribution in [3.63, 3.8) is 0 Å². The third kappa shape index (κ3) is 1.38. The highest BCUT2D eigenvalue weighted by molar-refractivity contribution is 6.19. The third-order valence-electron chi connectivity index (χ3n) is 3.50. The second kappa shape index (κ2) is 4.29. The van der Waals surface area contributed by atoms with Gasteiger partial charge in [-0.1, -0.05) is 31.2 Å². The predicted molar refractivity (Wildman–Crippen MR) is 68.1 cm³/mol. The molecule has 1 aliphatic rings. The number of carbonyl (C=O) groups is 2. The molecule has 4 heteroatoms. The molecule has 1 aromatic rings. The van der Waals surface area contributed by atoms with Crippen LogP contribution in [0.25, 0.3) is 0 Å². The molecule has 2 atom stereocenters. The summed E-state index contributed by atoms with van der Waals surface area (Å²) >= 11 is 0. The number of anilines is 1. The Bertz CT molecular complexity index is 514. The lowest BCUT2D eigenvalue weighted by molar-refractivity contribution is -0.152. The van der Waals surface area contributed by atoms with Gasteiger partial charge < -0.3 is 10.1 Å². The van der Waals surface area contributed by atoms with Crippen molar-refractivity contribution in [1.82, 2.24) is 0 Å². The van der Waals surface area contributed by atoms with Gasteiger partial charge in [-0.2, -0.15) is 0 Å². The number of carbonyl (C=O) groups excluding carboxylic acids is 2. The van der Waals surface area contributed by atoms with Crippen molar-refractivity contribution in [3.8, 4) is 0 Å². The van der Waals surface area contributed by atoms with E-state index in [0.717, 1.165) is 0 Å². The van der Waals surface area contributed by atoms with Crippen LogP contribution in [0, 0.1) is 5.92 Å². The monoisotopic (exact) mass is 245 g/mol. The molecule has 0 spiro atoms. The smallest absolute Gasteiger partial charge is 0.326 e. The van der Waals surface area contributed by atoms with Crippen LogP contribution in [0.15, 0.2) is 36.9 Å². The van der Waals surface area contributed by atoms with Crippen LogP contribution in [0.5, 0.6) is 0 Å². The number of esters is 1. The lowest BCUT2D eigenvalue weighted by Gasteiger charge is -2.28. The van der Waals surface area contributed by atoms with Crippen molar-refractivity contribution in [2.45, 2.75) is 12.3 Å². The highest BCUT2D eigenvalue weighted by Crippen LogP contribution is 2.44. The highest BCUT2D eigenvalue weighted by Gasteiger charge is 2.56. The van der Waals surface area contributed by atoms with Crippen molar-refractivity contribution in [2.24, 2.45) is 5.92 Å². The molecule has 0 radical (unpaired) electrons. The maximum absolute atomic E-state index is 12.3. The van der Waals surface area contributed by atoms with Gasteiger partial charge in [0.25, 0.3) is 0 Å². The number of fused-ring (bicyclic) bond motifs is 1. The lowest BCUT2D eigenvalue weighted by Crippen LogP contribution is -2.48. The zero-order valence-electron chi connectivity index (χ0n) is 10.4. The maximum Gasteiger partial charge on any atom is 0.326 e. The predicted octanol–water partition coefficient (Wildman–Crippen LogP) is 1.87. The number of rotatable bonds is 3. The first kappa shape index (κ1) is 12.4. The van der Waals surface area contributed by atoms with Crippen LogP contribution in [0.4, 0.5) is 5.69 Å². The average Bonchev–Trinajstić information content (AvgIpc) is 2.70. The number of allylic oxidation sites excluding steroid dienone is 1. The Morgan fingerprint density at radius 2 is 2.17 bits per heavy atom. The van der Waals surface area contributed by atoms with E-state index in [2.05, 4.69) is 11.9 Å². The number of hydrogen-bond donors (Lipinski definition) is 1. The Labute approximate surface area is 106 Å². The standard InChI is InChI=1S/C14H15NO3/c1-4-9(2)14(13(17)18-3)10-7-5-6-8-11(10)15-12(14)16/h4-9H,1H2,2-3H3,(H,15,16)/t9-,14-/m0/s1. The van der Waals surface area contributed by atoms with Gasteiger partial charge >= 0.3 is 5.97 Å². The molecule has 0 saturated heterocycles. The minimum absolute atomic E-state index is 0.353. The Hall–Kier alpha value is -2.10. The minimum Gasteiger partial charge on any atom is -0.468 e. The number of hydrogen-bond acceptors (Lipinski definition) is 3. The second-order valence-electron chi connectivity index (χ2n) is 4.32. The molecule has 1 aromatic carbocycles. The molecule has 0 aliphatic carbocycles. The summed E-state index contributed by atoms with van der Waals surface area (Å²) in [6.07, 6.45) is 1.60. The van der Waals surface area contributed by atoms with E-state index in [1.807, 2.05) is 6.07 Å². The van der Waals surface area contributed by atoms with Crippen LogP contribution in [-0.4, -0.2) is 19.0 Å². The van der Waals surface area contributed by atoms with Gasteiger partial charge in [0.05, 0.1) is 7.11 Å². The summed E-state index contributed by atoms with van der Waals surface area (Å²) in [5.74, 6) is -1.27. The lowest BCUT2D eigenvalue weighted by atomic mass is 9.71. The topological polar surface area (TPSA) is 55.4 Å². The van der Waals surface area contributed by atoms with Crippen LogP contribution in [0.3, 0.4) is 0 Å². The van der Waals surface area contributed by atoms with Gasteiger partial charge in [0.15, 0.2) is 5.41 Å². The molecule has 1 aliphatic heterocycles. The van der Waals surface area contributed by atoms with Crippen LogP contribution in [0.1, 0.15) is 12.5 Å². The van der Waals surface area contributed by atoms with E-state index in [-0.39, 0.29) is 11.8 Å². The summed E-state index contributed by atoms with van der Waals surface area (Å²) < 4.78 is 4.84. The molecule has 94 valence electrons. The van der Waals surface area contributed by atoms with Crippen molar-refractivity contribution in [3.05, 3.63) is 42.5 Å². The quantitative estimate of drug-likeness (QED) is 0.502. The Balaban J connectivity index is 2.71. The van der Waals surface area contributed by atoms with E-state index >= 15 is 0 Å². The van der Waals surface area contributed by atoms with Gasteiger partial charge in [-0.3, -0.25) is 9.59 Å². The van der Waals surface area contributed by atoms with Crippen LogP contribution < -0.4 is 5.32 Å². The van der Waals surface area contributed by atoms with Gasteiger partial charge in [-0.25, -0.2) is 0 Å². The zero-order valence-corrected chi connectivity index (χ0v) is 10.4. The second-order valence-corrected chi connectivity index (χ2v) is 4.32. The first-order valence-electron chi connectivity index (χ1n) is 5.71. The number of para-hydroxylation sites is 1. The van der Waals surface area contributed by atoms with Gasteiger partial charge in [0.1, 0.15) is 0 Å². The molecule has 0 fully saturated rings. The van der Waals surface area contributed by atoms with Gasteiger partial charge in [-0.15, -0.1) is 6.58 Å². The molecule has 0 saturated carbocycles. The first-order chi connectivity index (χ1) is 8.58. The third-order valence-corrected chi connectivity index (χ3v) is 3.50. The van der Waals surface area contributed by atoms with Crippen molar-refractivity contribution in [1.29, 1.82) is 0 Å². The van der Waals surface area contributed by atoms with Gasteiger partial charge in [-0.05, 0) is 6.07 Å². The van der Waals surface area contributed by atoms with Crippen molar-refractivity contribution >= 4 is 17.6 Å². The molecule has 1 N–H and O–H groups in total. The Morgan fingerprint density at radius 1 is 1.50 bits per heavy atom. The SMILES string of the molecule is C=C[C@H](C)[C@@]1(C(=O)OC)C(=O)Nc2ccccc21. The van der Waals surface area contributed by atoms with Crippen LogP contribution >= 0.6 is 0 Å². The number of amides is 1. The Kier molecular flexibility index (Phi) is 2.95. The average molecular weight is 245 g/mol. The molecule has 0 unspecified atom stereocenters. The van der Waals surface area contributed by atoms with E-state index in [9.17, 15) is 9.59 Å². The molecule has 4 nitrogen and oxygen atoms in total. The van der Waals surface area contributed by atoms with Gasteiger partial charge in [0.2, 0.25) is 5.91 Å². The molecule has 0 bridgehead atoms. The molecule has 2 rings (SSSR count). The fourth-order valence-corrected chi connectivity index (χ4v) is 2.46. The number of nitrogens with one attached hydrogen (secondary N) is 1. The summed E-state index contributed by atoms with van der Waals surface area (Å²) in [5.41, 5.74) is -0.0246. The summed E-state index contributed by atoms with van der Waals surface area (Å²) in [7, 11) is 1.29. The number of ether oxygens (including phenoxy) is 1. The normalized spacial score (nSPS) is 22.9. The van der Waals surface area contributed by atoms with Gasteiger partial charge in [0, 0.05) is 17.2 Å². The zero-order chi connectivity index (χ0) is 13.3. The first-order valence-corrected chi connectivity index (χ1v) is 5.71. The number of benzene rings is 1. The van der Waals surface area contributed by atoms with E-state index in [1.54, 1.807) is 31.2 Å². The summed E-state index contributed by atoms with van der Waals surface area (Å²) in [6, 6.07) is 7.15. The highest BCUT2D eigenvalue weighted by atomic mass is 16.5. The fourth-order valence-electron chi connectivity index (χ4n) is 2.46. The number of methoxy groups -OCH3 is 1. The Morgan fingerprint density at radius 3 is 2.78 bits per heavy atom. The summed E-state index contributed by atoms with van der Waals surface area (Å²) in [5, 5.41) is 2.73. The van der Waals surface area contributed by atoms with Crippen molar-refractivity contribution < 1.29 is 14.3 Å². The maximum atomic E-state index is 12.3. The fraction of sp³-hybridized carbons (Fsp3) is 0.286. The molecule has 0 aromatic heterocycles. The summed E-state index contributed by atoms with van der Waals surface area (Å²) in [6.45, 7) is 5.47. The minimum atomic E-state index is -1.33. The molecular weight excluding hydrogens is 230 g/mol. The molecule has 18 heavy (non-hydrogen) atoms. The summed E-state index contributed by atoms with van der Waals surface area (Å²) in [4.78, 5) is 24.5. The molecular formula is C14H15NO3. The van der Waals surface area contributed by atoms with E-state index < -0.39 is 11.4 Å². The largest absolute Gasteiger partial charge is 0.468 e.